The largest absolute Gasteiger partial charge is 0.311 e. The highest BCUT2D eigenvalue weighted by Crippen LogP contribution is 2.53. The number of nitrogens with zero attached hydrogens (tertiary/aromatic N) is 6. The van der Waals surface area contributed by atoms with Crippen molar-refractivity contribution in [2.24, 2.45) is 0 Å². The molecule has 0 saturated heterocycles. The predicted octanol–water partition coefficient (Wildman–Crippen LogP) is 19.6. The van der Waals surface area contributed by atoms with Gasteiger partial charge in [0, 0.05) is 91.0 Å². The second kappa shape index (κ2) is 22.5. The van der Waals surface area contributed by atoms with Gasteiger partial charge in [0.1, 0.15) is 0 Å². The van der Waals surface area contributed by atoms with Crippen LogP contribution in [0.5, 0.6) is 0 Å². The van der Waals surface area contributed by atoms with Gasteiger partial charge in [-0.1, -0.05) is 172 Å². The summed E-state index contributed by atoms with van der Waals surface area (Å²) in [6, 6.07) is 104. The number of fused-ring (bicyclic) bond motifs is 8. The zero-order valence-electron chi connectivity index (χ0n) is 55.3. The second-order valence-corrected chi connectivity index (χ2v) is 27.0. The lowest BCUT2D eigenvalue weighted by Gasteiger charge is -2.48. The van der Waals surface area contributed by atoms with Crippen LogP contribution in [0.3, 0.4) is 0 Å². The molecule has 0 unspecified atom stereocenters. The average Bonchev–Trinajstić information content (AvgIpc) is 0.684. The molecule has 0 saturated carbocycles. The number of hydrogen-bond donors (Lipinski definition) is 0. The van der Waals surface area contributed by atoms with Crippen LogP contribution in [0.15, 0.2) is 273 Å². The van der Waals surface area contributed by atoms with E-state index in [9.17, 15) is 0 Å². The minimum absolute atomic E-state index is 0.169. The third kappa shape index (κ3) is 9.64. The summed E-state index contributed by atoms with van der Waals surface area (Å²) in [4.78, 5) is 15.3. The number of anilines is 18. The van der Waals surface area contributed by atoms with Crippen LogP contribution in [0, 0.1) is 62.3 Å². The van der Waals surface area contributed by atoms with E-state index >= 15 is 0 Å². The SMILES string of the molecule is Cc1ccc(N(c2ccc(C)cc2)c2cc3c4c(c2)N(c2ccc(C)cc2)c2cc5c(cc2B4c2ccc(C)cc2N3c2ccccc2)B2c3ccc(C)cc3N(c3ccc(C)cc3)c3cc(N(c4ccc(C)cc4)c4ccc(C)cc4)cc(c32)N5c2ccc(C)cc2)cc1. The molecule has 4 aliphatic heterocycles. The summed E-state index contributed by atoms with van der Waals surface area (Å²) in [6.45, 7) is 19.4. The van der Waals surface area contributed by atoms with Crippen molar-refractivity contribution in [3.63, 3.8) is 0 Å². The smallest absolute Gasteiger partial charge is 0.252 e. The maximum absolute atomic E-state index is 2.66. The van der Waals surface area contributed by atoms with E-state index in [0.29, 0.717) is 0 Å². The van der Waals surface area contributed by atoms with Gasteiger partial charge in [0.15, 0.2) is 0 Å². The fraction of sp³-hybridized carbons (Fsp3) is 0.103. The van der Waals surface area contributed by atoms with Gasteiger partial charge in [-0.3, -0.25) is 0 Å². The van der Waals surface area contributed by atoms with Crippen molar-refractivity contribution < 1.29 is 0 Å². The molecule has 0 amide bonds. The van der Waals surface area contributed by atoms with Crippen molar-refractivity contribution in [2.45, 2.75) is 62.3 Å². The van der Waals surface area contributed by atoms with Crippen LogP contribution >= 0.6 is 0 Å². The van der Waals surface area contributed by atoms with Crippen molar-refractivity contribution >= 4 is 149 Å². The first kappa shape index (κ1) is 57.7. The molecule has 4 aliphatic rings. The summed E-state index contributed by atoms with van der Waals surface area (Å²) in [5.41, 5.74) is 38.7. The van der Waals surface area contributed by atoms with E-state index in [4.69, 9.17) is 0 Å². The summed E-state index contributed by atoms with van der Waals surface area (Å²) in [6.07, 6.45) is 0. The molecule has 0 spiro atoms. The van der Waals surface area contributed by atoms with E-state index in [1.54, 1.807) is 0 Å². The molecule has 456 valence electrons. The lowest BCUT2D eigenvalue weighted by Crippen LogP contribution is -2.65. The maximum atomic E-state index is 2.66. The van der Waals surface area contributed by atoms with Crippen LogP contribution in [0.25, 0.3) is 0 Å². The van der Waals surface area contributed by atoms with Crippen molar-refractivity contribution in [2.75, 3.05) is 29.4 Å². The maximum Gasteiger partial charge on any atom is 0.252 e. The van der Waals surface area contributed by atoms with E-state index in [0.717, 1.165) is 91.0 Å². The van der Waals surface area contributed by atoms with E-state index in [-0.39, 0.29) is 13.4 Å². The highest BCUT2D eigenvalue weighted by Gasteiger charge is 2.49. The first-order chi connectivity index (χ1) is 46.3. The van der Waals surface area contributed by atoms with Crippen LogP contribution in [-0.4, -0.2) is 13.4 Å². The van der Waals surface area contributed by atoms with Crippen LogP contribution in [-0.2, 0) is 0 Å². The van der Waals surface area contributed by atoms with Crippen LogP contribution in [0.4, 0.5) is 102 Å². The normalized spacial score (nSPS) is 13.0. The summed E-state index contributed by atoms with van der Waals surface area (Å²) in [5, 5.41) is 0. The lowest BCUT2D eigenvalue weighted by molar-refractivity contribution is 1.21. The van der Waals surface area contributed by atoms with Crippen LogP contribution in [0.2, 0.25) is 0 Å². The molecule has 0 fully saturated rings. The third-order valence-corrected chi connectivity index (χ3v) is 20.1. The second-order valence-electron chi connectivity index (χ2n) is 27.0. The topological polar surface area (TPSA) is 19.4 Å². The fourth-order valence-electron chi connectivity index (χ4n) is 15.4. The number of para-hydroxylation sites is 1. The number of aryl methyl sites for hydroxylation is 9. The molecule has 0 atom stereocenters. The van der Waals surface area contributed by atoms with Gasteiger partial charge in [0.2, 0.25) is 0 Å². The molecule has 4 heterocycles. The Kier molecular flexibility index (Phi) is 13.7. The van der Waals surface area contributed by atoms with E-state index in [2.05, 4.69) is 365 Å². The molecule has 0 aliphatic carbocycles. The molecule has 0 radical (unpaired) electrons. The molecule has 6 nitrogen and oxygen atoms in total. The van der Waals surface area contributed by atoms with E-state index < -0.39 is 0 Å². The molecule has 0 N–H and O–H groups in total. The Hall–Kier alpha value is -11.2. The molecular formula is C87H72B2N6. The zero-order valence-corrected chi connectivity index (χ0v) is 55.3. The fourth-order valence-corrected chi connectivity index (χ4v) is 15.4. The van der Waals surface area contributed by atoms with E-state index in [1.807, 2.05) is 0 Å². The van der Waals surface area contributed by atoms with Gasteiger partial charge in [-0.2, -0.15) is 0 Å². The Bertz CT molecular complexity index is 5080. The average molecular weight is 1220 g/mol. The van der Waals surface area contributed by atoms with Gasteiger partial charge < -0.3 is 29.4 Å². The molecular weight excluding hydrogens is 1150 g/mol. The molecule has 13 aromatic carbocycles. The summed E-state index contributed by atoms with van der Waals surface area (Å²) >= 11 is 0. The minimum Gasteiger partial charge on any atom is -0.311 e. The van der Waals surface area contributed by atoms with Crippen LogP contribution < -0.4 is 62.2 Å². The zero-order chi connectivity index (χ0) is 64.5. The molecule has 0 aromatic heterocycles. The van der Waals surface area contributed by atoms with Gasteiger partial charge >= 0.3 is 0 Å². The van der Waals surface area contributed by atoms with Crippen LogP contribution in [0.1, 0.15) is 50.1 Å². The number of benzene rings is 13. The Balaban J connectivity index is 1.01. The Labute approximate surface area is 560 Å². The van der Waals surface area contributed by atoms with Gasteiger partial charge in [-0.15, -0.1) is 0 Å². The van der Waals surface area contributed by atoms with Gasteiger partial charge in [-0.05, 0) is 246 Å². The highest BCUT2D eigenvalue weighted by atomic mass is 15.2. The standard InChI is InChI=1S/C87H72B2N6/c1-55-15-31-65(32-16-55)90(66-33-17-56(2)18-34-66)72-49-82-86-84(51-72)94(70-41-25-60(6)26-42-70)80-54-81-77(53-76(80)88(86)74-45-29-62(8)47-78(74)92(82)64-13-11-10-12-14-64)89-75-46-30-63(9)48-79(75)93(69-39-23-59(5)24-40-69)83-50-73(52-85(87(83)89)95(81)71-43-27-61(7)28-44-71)91(67-35-19-57(3)20-36-67)68-37-21-58(4)22-38-68/h10-54H,1-9H3. The molecule has 0 bridgehead atoms. The van der Waals surface area contributed by atoms with E-state index in [1.165, 1.54) is 94.2 Å². The molecule has 13 aromatic rings. The molecule has 17 rings (SSSR count). The van der Waals surface area contributed by atoms with Crippen molar-refractivity contribution in [1.29, 1.82) is 0 Å². The summed E-state index contributed by atoms with van der Waals surface area (Å²) in [7, 11) is 0. The van der Waals surface area contributed by atoms with Crippen molar-refractivity contribution in [3.8, 4) is 0 Å². The molecule has 8 heteroatoms. The monoisotopic (exact) mass is 1220 g/mol. The summed E-state index contributed by atoms with van der Waals surface area (Å²) < 4.78 is 0. The number of hydrogen-bond acceptors (Lipinski definition) is 6. The highest BCUT2D eigenvalue weighted by molar-refractivity contribution is 7.03. The third-order valence-electron chi connectivity index (χ3n) is 20.1. The number of rotatable bonds is 10. The molecule has 95 heavy (non-hydrogen) atoms. The van der Waals surface area contributed by atoms with Gasteiger partial charge in [-0.25, -0.2) is 0 Å². The quantitative estimate of drug-likeness (QED) is 0.126. The van der Waals surface area contributed by atoms with Gasteiger partial charge in [0.05, 0.1) is 11.4 Å². The Morgan fingerprint density at radius 3 is 0.747 bits per heavy atom. The van der Waals surface area contributed by atoms with Crippen molar-refractivity contribution in [1.82, 2.24) is 0 Å². The Morgan fingerprint density at radius 2 is 0.453 bits per heavy atom. The Morgan fingerprint density at radius 1 is 0.200 bits per heavy atom. The first-order valence-electron chi connectivity index (χ1n) is 33.4. The summed E-state index contributed by atoms with van der Waals surface area (Å²) in [5.74, 6) is 0. The predicted molar refractivity (Wildman–Crippen MR) is 406 cm³/mol. The van der Waals surface area contributed by atoms with Crippen molar-refractivity contribution in [3.05, 3.63) is 323 Å². The minimum atomic E-state index is -0.170. The first-order valence-corrected chi connectivity index (χ1v) is 33.4. The lowest BCUT2D eigenvalue weighted by atomic mass is 9.30. The van der Waals surface area contributed by atoms with Gasteiger partial charge in [0.25, 0.3) is 13.4 Å².